The minimum Gasteiger partial charge on any atom is -0.398 e. The zero-order valence-electron chi connectivity index (χ0n) is 8.93. The number of hydrogen-bond acceptors (Lipinski definition) is 4. The van der Waals surface area contributed by atoms with Crippen molar-refractivity contribution >= 4 is 19.5 Å². The molecule has 4 nitrogen and oxygen atoms in total. The Balaban J connectivity index is 0. The van der Waals surface area contributed by atoms with Crippen molar-refractivity contribution in [1.82, 2.24) is 5.32 Å². The van der Waals surface area contributed by atoms with Gasteiger partial charge in [-0.15, -0.1) is 0 Å². The first kappa shape index (κ1) is 16.7. The molecule has 1 atom stereocenters. The maximum Gasteiger partial charge on any atom is 0.335 e. The minimum absolute atomic E-state index is 0. The predicted molar refractivity (Wildman–Crippen MR) is 68.1 cm³/mol. The van der Waals surface area contributed by atoms with Crippen LogP contribution >= 0.6 is 0 Å². The average Bonchev–Trinajstić information content (AvgIpc) is 2.13. The van der Waals surface area contributed by atoms with E-state index in [1.165, 1.54) is 0 Å². The van der Waals surface area contributed by atoms with E-state index in [0.29, 0.717) is 13.3 Å². The highest BCUT2D eigenvalue weighted by Crippen LogP contribution is 2.13. The molecule has 0 aromatic carbocycles. The standard InChI is InChI=1S/C8H22N2O2Si.H4Si/c1-4-7-13(3,11-2)12-8-10-6-5-9;/h10H,4-9H2,1-3H3;1H4. The van der Waals surface area contributed by atoms with Crippen LogP contribution in [0.4, 0.5) is 0 Å². The van der Waals surface area contributed by atoms with Crippen molar-refractivity contribution < 1.29 is 8.85 Å². The van der Waals surface area contributed by atoms with Gasteiger partial charge >= 0.3 is 8.56 Å². The lowest BCUT2D eigenvalue weighted by Crippen LogP contribution is -2.41. The Bertz CT molecular complexity index is 130. The summed E-state index contributed by atoms with van der Waals surface area (Å²) in [5.41, 5.74) is 5.33. The molecule has 1 unspecified atom stereocenters. The molecule has 0 aliphatic rings. The van der Waals surface area contributed by atoms with E-state index in [9.17, 15) is 0 Å². The molecule has 0 bridgehead atoms. The fourth-order valence-electron chi connectivity index (χ4n) is 1.07. The van der Waals surface area contributed by atoms with Crippen molar-refractivity contribution in [2.24, 2.45) is 5.73 Å². The molecule has 0 aromatic rings. The second kappa shape index (κ2) is 9.81. The summed E-state index contributed by atoms with van der Waals surface area (Å²) in [6.07, 6.45) is 1.10. The van der Waals surface area contributed by atoms with E-state index < -0.39 is 8.56 Å². The van der Waals surface area contributed by atoms with Gasteiger partial charge in [0.1, 0.15) is 0 Å². The van der Waals surface area contributed by atoms with Gasteiger partial charge in [0.2, 0.25) is 0 Å². The number of nitrogens with two attached hydrogens (primary N) is 1. The first-order valence-corrected chi connectivity index (χ1v) is 7.30. The molecule has 3 N–H and O–H groups in total. The van der Waals surface area contributed by atoms with Gasteiger partial charge in [0.15, 0.2) is 0 Å². The Hall–Kier alpha value is 0.274. The van der Waals surface area contributed by atoms with Crippen molar-refractivity contribution in [2.75, 3.05) is 26.9 Å². The summed E-state index contributed by atoms with van der Waals surface area (Å²) in [6, 6.07) is 1.04. The van der Waals surface area contributed by atoms with E-state index in [1.807, 2.05) is 0 Å². The van der Waals surface area contributed by atoms with Crippen molar-refractivity contribution in [2.45, 2.75) is 25.9 Å². The first-order chi connectivity index (χ1) is 6.18. The van der Waals surface area contributed by atoms with Gasteiger partial charge in [0.25, 0.3) is 0 Å². The van der Waals surface area contributed by atoms with Crippen LogP contribution in [0.3, 0.4) is 0 Å². The van der Waals surface area contributed by atoms with Crippen molar-refractivity contribution in [3.05, 3.63) is 0 Å². The summed E-state index contributed by atoms with van der Waals surface area (Å²) in [5, 5.41) is 3.09. The van der Waals surface area contributed by atoms with Gasteiger partial charge in [-0.2, -0.15) is 0 Å². The highest BCUT2D eigenvalue weighted by Gasteiger charge is 2.28. The fraction of sp³-hybridized carbons (Fsp3) is 1.00. The normalized spacial score (nSPS) is 14.6. The molecule has 0 aliphatic carbocycles. The molecular formula is C8H26N2O2Si2. The Kier molecular flexibility index (Phi) is 11.7. The minimum atomic E-state index is -1.88. The van der Waals surface area contributed by atoms with Crippen LogP contribution in [0.15, 0.2) is 0 Å². The molecule has 0 radical (unpaired) electrons. The predicted octanol–water partition coefficient (Wildman–Crippen LogP) is -0.814. The molecule has 88 valence electrons. The largest absolute Gasteiger partial charge is 0.398 e. The molecule has 0 rings (SSSR count). The monoisotopic (exact) mass is 238 g/mol. The van der Waals surface area contributed by atoms with Crippen LogP contribution in [-0.2, 0) is 8.85 Å². The third kappa shape index (κ3) is 7.66. The van der Waals surface area contributed by atoms with E-state index in [1.54, 1.807) is 7.11 Å². The van der Waals surface area contributed by atoms with E-state index in [-0.39, 0.29) is 11.0 Å². The van der Waals surface area contributed by atoms with Gasteiger partial charge < -0.3 is 14.6 Å². The van der Waals surface area contributed by atoms with Crippen LogP contribution in [0.2, 0.25) is 12.6 Å². The molecule has 0 fully saturated rings. The Morgan fingerprint density at radius 1 is 1.43 bits per heavy atom. The zero-order chi connectivity index (χ0) is 10.2. The van der Waals surface area contributed by atoms with Gasteiger partial charge in [-0.05, 0) is 23.6 Å². The average molecular weight is 238 g/mol. The molecule has 0 spiro atoms. The highest BCUT2D eigenvalue weighted by molar-refractivity contribution is 6.65. The zero-order valence-corrected chi connectivity index (χ0v) is 9.93. The van der Waals surface area contributed by atoms with Crippen molar-refractivity contribution in [1.29, 1.82) is 0 Å². The highest BCUT2D eigenvalue weighted by atomic mass is 28.4. The van der Waals surface area contributed by atoms with Crippen LogP contribution in [0, 0.1) is 0 Å². The summed E-state index contributed by atoms with van der Waals surface area (Å²) in [5.74, 6) is 0. The SMILES string of the molecule is CCC[Si](C)(OC)OCNCCN.[SiH4]. The third-order valence-electron chi connectivity index (χ3n) is 1.94. The molecule has 6 heteroatoms. The van der Waals surface area contributed by atoms with E-state index in [0.717, 1.165) is 19.0 Å². The van der Waals surface area contributed by atoms with Crippen LogP contribution in [-0.4, -0.2) is 46.5 Å². The van der Waals surface area contributed by atoms with Crippen molar-refractivity contribution in [3.8, 4) is 0 Å². The van der Waals surface area contributed by atoms with Crippen LogP contribution in [0.25, 0.3) is 0 Å². The Labute approximate surface area is 92.8 Å². The molecular weight excluding hydrogens is 212 g/mol. The molecule has 0 amide bonds. The molecule has 0 heterocycles. The topological polar surface area (TPSA) is 56.5 Å². The molecule has 0 saturated carbocycles. The van der Waals surface area contributed by atoms with Gasteiger partial charge in [0, 0.05) is 20.2 Å². The smallest absolute Gasteiger partial charge is 0.335 e. The van der Waals surface area contributed by atoms with Crippen LogP contribution < -0.4 is 11.1 Å². The van der Waals surface area contributed by atoms with Crippen LogP contribution in [0.1, 0.15) is 13.3 Å². The van der Waals surface area contributed by atoms with Gasteiger partial charge in [-0.25, -0.2) is 0 Å². The summed E-state index contributed by atoms with van der Waals surface area (Å²) >= 11 is 0. The lowest BCUT2D eigenvalue weighted by molar-refractivity contribution is 0.189. The number of rotatable bonds is 8. The maximum absolute atomic E-state index is 5.67. The Morgan fingerprint density at radius 3 is 2.50 bits per heavy atom. The second-order valence-corrected chi connectivity index (χ2v) is 6.63. The summed E-state index contributed by atoms with van der Waals surface area (Å²) in [6.45, 7) is 6.21. The van der Waals surface area contributed by atoms with E-state index >= 15 is 0 Å². The lowest BCUT2D eigenvalue weighted by Gasteiger charge is -2.24. The molecule has 14 heavy (non-hydrogen) atoms. The van der Waals surface area contributed by atoms with Crippen LogP contribution in [0.5, 0.6) is 0 Å². The summed E-state index contributed by atoms with van der Waals surface area (Å²) < 4.78 is 11.1. The third-order valence-corrected chi connectivity index (χ3v) is 4.96. The Morgan fingerprint density at radius 2 is 2.07 bits per heavy atom. The first-order valence-electron chi connectivity index (χ1n) is 4.78. The quantitative estimate of drug-likeness (QED) is 0.330. The number of hydrogen-bond donors (Lipinski definition) is 2. The van der Waals surface area contributed by atoms with E-state index in [4.69, 9.17) is 14.6 Å². The van der Waals surface area contributed by atoms with Gasteiger partial charge in [-0.3, -0.25) is 5.32 Å². The van der Waals surface area contributed by atoms with E-state index in [2.05, 4.69) is 18.8 Å². The molecule has 0 aliphatic heterocycles. The fourth-order valence-corrected chi connectivity index (χ4v) is 2.85. The molecule has 0 saturated heterocycles. The molecule has 0 aromatic heterocycles. The van der Waals surface area contributed by atoms with Crippen molar-refractivity contribution in [3.63, 3.8) is 0 Å². The van der Waals surface area contributed by atoms with Gasteiger partial charge in [-0.1, -0.05) is 13.3 Å². The maximum atomic E-state index is 5.67. The summed E-state index contributed by atoms with van der Waals surface area (Å²) in [4.78, 5) is 0. The lowest BCUT2D eigenvalue weighted by atomic mass is 10.6. The summed E-state index contributed by atoms with van der Waals surface area (Å²) in [7, 11) is -0.150. The number of nitrogens with one attached hydrogen (secondary N) is 1. The van der Waals surface area contributed by atoms with Gasteiger partial charge in [0.05, 0.1) is 6.73 Å². The second-order valence-electron chi connectivity index (χ2n) is 3.17.